The van der Waals surface area contributed by atoms with Gasteiger partial charge in [0.05, 0.1) is 5.69 Å². The molecule has 30 heavy (non-hydrogen) atoms. The zero-order chi connectivity index (χ0) is 22.3. The van der Waals surface area contributed by atoms with Crippen LogP contribution in [0, 0.1) is 13.6 Å². The van der Waals surface area contributed by atoms with Crippen molar-refractivity contribution >= 4 is 30.6 Å². The average molecular weight is 537 g/mol. The van der Waals surface area contributed by atoms with Crippen molar-refractivity contribution < 1.29 is 15.9 Å². The quantitative estimate of drug-likeness (QED) is 0.230. The van der Waals surface area contributed by atoms with Gasteiger partial charge in [0, 0.05) is 25.0 Å². The van der Waals surface area contributed by atoms with Gasteiger partial charge in [0.15, 0.2) is 0 Å². The molecule has 0 aromatic heterocycles. The van der Waals surface area contributed by atoms with Crippen LogP contribution in [0.15, 0.2) is 59.9 Å². The third kappa shape index (κ3) is 6.59. The van der Waals surface area contributed by atoms with Gasteiger partial charge in [0.1, 0.15) is 5.84 Å². The van der Waals surface area contributed by atoms with Gasteiger partial charge in [-0.25, -0.2) is 4.99 Å². The summed E-state index contributed by atoms with van der Waals surface area (Å²) in [5, 5.41) is 0. The van der Waals surface area contributed by atoms with Crippen LogP contribution >= 0.6 is 19.1 Å². The van der Waals surface area contributed by atoms with E-state index in [1.54, 1.807) is 0 Å². The average Bonchev–Trinajstić information content (AvgIpc) is 3.13. The Morgan fingerprint density at radius 3 is 1.90 bits per heavy atom. The Morgan fingerprint density at radius 1 is 0.933 bits per heavy atom. The minimum atomic E-state index is -0.106. The van der Waals surface area contributed by atoms with E-state index in [1.165, 1.54) is 16.7 Å². The van der Waals surface area contributed by atoms with Crippen molar-refractivity contribution in [2.45, 2.75) is 46.5 Å². The summed E-state index contributed by atoms with van der Waals surface area (Å²) in [5.74, 6) is 1.71. The molecule has 1 aliphatic rings. The fraction of sp³-hybridized carbons (Fsp3) is 0.333. The maximum absolute atomic E-state index is 5.22. The minimum absolute atomic E-state index is 0.106. The number of rotatable bonds is 4. The topological polar surface area (TPSA) is 18.8 Å². The number of aliphatic imine (C=N–C) groups is 1. The van der Waals surface area contributed by atoms with Crippen LogP contribution in [0.4, 0.5) is 5.69 Å². The molecule has 1 aliphatic heterocycles. The van der Waals surface area contributed by atoms with Gasteiger partial charge in [-0.15, -0.1) is 0 Å². The van der Waals surface area contributed by atoms with Gasteiger partial charge in [-0.1, -0.05) is 75.7 Å². The summed E-state index contributed by atoms with van der Waals surface area (Å²) in [4.78, 5) is 9.12. The van der Waals surface area contributed by atoms with Gasteiger partial charge in [-0.05, 0) is 29.9 Å². The van der Waals surface area contributed by atoms with Gasteiger partial charge in [0.25, 0.3) is 0 Å². The molecule has 0 aliphatic carbocycles. The Labute approximate surface area is 197 Å². The summed E-state index contributed by atoms with van der Waals surface area (Å²) in [7, 11) is 11.6. The summed E-state index contributed by atoms with van der Waals surface area (Å²) < 4.78 is 0. The molecule has 0 spiro atoms. The van der Waals surface area contributed by atoms with E-state index < -0.39 is 0 Å². The van der Waals surface area contributed by atoms with Crippen molar-refractivity contribution in [1.82, 2.24) is 9.80 Å². The molecular weight excluding hydrogens is 508 g/mol. The molecule has 1 heterocycles. The molecule has 0 unspecified atom stereocenters. The van der Waals surface area contributed by atoms with Crippen molar-refractivity contribution in [2.75, 3.05) is 7.05 Å². The van der Waals surface area contributed by atoms with E-state index in [-0.39, 0.29) is 15.9 Å². The molecule has 0 N–H and O–H groups in total. The first kappa shape index (κ1) is 25.0. The standard InChI is InChI=1S/C24H29N3.2ClH.Pd/c1-17(2)21-8-7-9-22(18(3)4)23(21)25-24(27-15-14-26(6)16-27)20-12-10-19(5)11-13-20;;;/h7-15,17-18H,1-6H3;2*1H;/q;;;+2/p-2. The molecule has 2 aromatic carbocycles. The second-order valence-corrected chi connectivity index (χ2v) is 10.2. The van der Waals surface area contributed by atoms with E-state index in [0.717, 1.165) is 17.1 Å². The van der Waals surface area contributed by atoms with Crippen LogP contribution < -0.4 is 0 Å². The summed E-state index contributed by atoms with van der Waals surface area (Å²) in [6, 6.07) is 15.1. The number of hydrogen-bond donors (Lipinski definition) is 0. The summed E-state index contributed by atoms with van der Waals surface area (Å²) in [6.45, 7) is 14.3. The first-order valence-electron chi connectivity index (χ1n) is 9.86. The first-order valence-corrected chi connectivity index (χ1v) is 13.9. The van der Waals surface area contributed by atoms with Crippen LogP contribution in [-0.4, -0.2) is 22.7 Å². The Hall–Kier alpha value is -1.31. The van der Waals surface area contributed by atoms with E-state index >= 15 is 0 Å². The van der Waals surface area contributed by atoms with Crippen molar-refractivity contribution in [3.05, 3.63) is 83.8 Å². The van der Waals surface area contributed by atoms with E-state index in [9.17, 15) is 0 Å². The molecule has 0 fully saturated rings. The number of hydrogen-bond acceptors (Lipinski definition) is 2. The number of para-hydroxylation sites is 1. The van der Waals surface area contributed by atoms with E-state index in [4.69, 9.17) is 24.1 Å². The molecule has 0 saturated carbocycles. The van der Waals surface area contributed by atoms with Crippen LogP contribution in [0.5, 0.6) is 0 Å². The van der Waals surface area contributed by atoms with Crippen LogP contribution in [0.2, 0.25) is 0 Å². The molecular formula is C24H29Cl2N3Pd. The fourth-order valence-electron chi connectivity index (χ4n) is 3.23. The number of aryl methyl sites for hydroxylation is 1. The monoisotopic (exact) mass is 535 g/mol. The number of nitrogens with zero attached hydrogens (tertiary/aromatic N) is 3. The number of halogens is 2. The third-order valence-electron chi connectivity index (χ3n) is 4.80. The molecule has 2 radical (unpaired) electrons. The molecule has 3 rings (SSSR count). The second kappa shape index (κ2) is 11.9. The number of benzene rings is 2. The van der Waals surface area contributed by atoms with E-state index in [0.29, 0.717) is 11.8 Å². The molecule has 164 valence electrons. The van der Waals surface area contributed by atoms with E-state index in [1.807, 2.05) is 29.2 Å². The zero-order valence-electron chi connectivity index (χ0n) is 18.3. The Balaban J connectivity index is 0.00000101. The predicted molar refractivity (Wildman–Crippen MR) is 126 cm³/mol. The van der Waals surface area contributed by atoms with Crippen LogP contribution in [0.1, 0.15) is 61.8 Å². The fourth-order valence-corrected chi connectivity index (χ4v) is 3.23. The molecule has 0 bridgehead atoms. The van der Waals surface area contributed by atoms with Crippen molar-refractivity contribution in [3.8, 4) is 0 Å². The summed E-state index contributed by atoms with van der Waals surface area (Å²) >= 11 is -0.106. The maximum atomic E-state index is 5.22. The molecule has 0 amide bonds. The van der Waals surface area contributed by atoms with Crippen LogP contribution in [0.3, 0.4) is 0 Å². The Morgan fingerprint density at radius 2 is 1.47 bits per heavy atom. The van der Waals surface area contributed by atoms with E-state index in [2.05, 4.69) is 83.8 Å². The van der Waals surface area contributed by atoms with Gasteiger partial charge in [-0.2, -0.15) is 0 Å². The van der Waals surface area contributed by atoms with Crippen LogP contribution in [0.25, 0.3) is 0 Å². The molecule has 3 nitrogen and oxygen atoms in total. The molecule has 6 heteroatoms. The Bertz CT molecular complexity index is 850. The first-order chi connectivity index (χ1) is 14.3. The molecule has 2 aromatic rings. The van der Waals surface area contributed by atoms with Gasteiger partial charge in [-0.3, -0.25) is 4.90 Å². The predicted octanol–water partition coefficient (Wildman–Crippen LogP) is 7.41. The van der Waals surface area contributed by atoms with Gasteiger partial charge in [0.2, 0.25) is 6.67 Å². The SMILES string of the molecule is Cc1ccc(C(=Nc2c(C(C)C)cccc2C(C)C)N2[C]N(C)C=C2)cc1.[Cl][Pd][Cl]. The normalized spacial score (nSPS) is 14.0. The number of amidine groups is 1. The summed E-state index contributed by atoms with van der Waals surface area (Å²) in [6.07, 6.45) is 3.99. The van der Waals surface area contributed by atoms with Crippen molar-refractivity contribution in [2.24, 2.45) is 4.99 Å². The Kier molecular flexibility index (Phi) is 9.91. The molecule has 0 saturated heterocycles. The molecule has 0 atom stereocenters. The van der Waals surface area contributed by atoms with Crippen LogP contribution in [-0.2, 0) is 15.9 Å². The zero-order valence-corrected chi connectivity index (χ0v) is 21.3. The van der Waals surface area contributed by atoms with Gasteiger partial charge < -0.3 is 4.90 Å². The third-order valence-corrected chi connectivity index (χ3v) is 4.80. The van der Waals surface area contributed by atoms with Crippen molar-refractivity contribution in [3.63, 3.8) is 0 Å². The van der Waals surface area contributed by atoms with Crippen molar-refractivity contribution in [1.29, 1.82) is 0 Å². The summed E-state index contributed by atoms with van der Waals surface area (Å²) in [5.41, 5.74) is 5.97. The van der Waals surface area contributed by atoms with Gasteiger partial charge >= 0.3 is 35.0 Å². The second-order valence-electron chi connectivity index (χ2n) is 7.82.